The number of hydrogen-bond acceptors (Lipinski definition) is 3. The molecule has 2 aromatic rings. The summed E-state index contributed by atoms with van der Waals surface area (Å²) in [6.45, 7) is 4.09. The average Bonchev–Trinajstić information content (AvgIpc) is 2.81. The molecule has 0 aliphatic heterocycles. The molecule has 0 saturated heterocycles. The highest BCUT2D eigenvalue weighted by Gasteiger charge is 2.14. The van der Waals surface area contributed by atoms with Crippen LogP contribution in [0.1, 0.15) is 41.5 Å². The van der Waals surface area contributed by atoms with E-state index in [0.29, 0.717) is 10.7 Å². The summed E-state index contributed by atoms with van der Waals surface area (Å²) in [4.78, 5) is 11.0. The second kappa shape index (κ2) is 5.97. The van der Waals surface area contributed by atoms with Gasteiger partial charge in [-0.3, -0.25) is 4.79 Å². The number of carbonyl (C=O) groups is 1. The molecule has 0 amide bonds. The summed E-state index contributed by atoms with van der Waals surface area (Å²) in [5.41, 5.74) is 3.18. The van der Waals surface area contributed by atoms with Crippen molar-refractivity contribution in [3.63, 3.8) is 0 Å². The Morgan fingerprint density at radius 2 is 2.21 bits per heavy atom. The van der Waals surface area contributed by atoms with Crippen molar-refractivity contribution < 1.29 is 4.79 Å². The van der Waals surface area contributed by atoms with E-state index in [1.807, 2.05) is 25.1 Å². The largest absolute Gasteiger partial charge is 0.296 e. The molecule has 0 saturated carbocycles. The summed E-state index contributed by atoms with van der Waals surface area (Å²) in [6, 6.07) is 5.61. The van der Waals surface area contributed by atoms with E-state index >= 15 is 0 Å². The highest BCUT2D eigenvalue weighted by Crippen LogP contribution is 2.21. The van der Waals surface area contributed by atoms with E-state index < -0.39 is 0 Å². The van der Waals surface area contributed by atoms with Crippen LogP contribution in [-0.4, -0.2) is 21.3 Å². The molecule has 5 heteroatoms. The van der Waals surface area contributed by atoms with Gasteiger partial charge in [0.25, 0.3) is 0 Å². The minimum atomic E-state index is 0.410. The number of unbranched alkanes of at least 4 members (excludes halogenated alkanes) is 1. The number of carbonyl (C=O) groups excluding carboxylic acids is 1. The molecule has 4 nitrogen and oxygen atoms in total. The molecule has 100 valence electrons. The zero-order valence-electron chi connectivity index (χ0n) is 11.1. The summed E-state index contributed by atoms with van der Waals surface area (Å²) in [7, 11) is 0. The summed E-state index contributed by atoms with van der Waals surface area (Å²) in [6.07, 6.45) is 3.59. The first kappa shape index (κ1) is 13.7. The number of nitrogens with zero attached hydrogens (tertiary/aromatic N) is 3. The normalized spacial score (nSPS) is 10.7. The van der Waals surface area contributed by atoms with Crippen molar-refractivity contribution in [2.24, 2.45) is 0 Å². The van der Waals surface area contributed by atoms with Crippen LogP contribution in [0, 0.1) is 6.92 Å². The lowest BCUT2D eigenvalue weighted by molar-refractivity contribution is 0.111. The average molecular weight is 278 g/mol. The Hall–Kier alpha value is -1.68. The Morgan fingerprint density at radius 3 is 2.89 bits per heavy atom. The minimum Gasteiger partial charge on any atom is -0.296 e. The smallest absolute Gasteiger partial charge is 0.172 e. The van der Waals surface area contributed by atoms with Crippen LogP contribution < -0.4 is 0 Å². The Kier molecular flexibility index (Phi) is 4.32. The molecule has 19 heavy (non-hydrogen) atoms. The lowest BCUT2D eigenvalue weighted by Crippen LogP contribution is -2.05. The zero-order chi connectivity index (χ0) is 13.8. The Balaban J connectivity index is 2.51. The number of aldehydes is 1. The first-order chi connectivity index (χ1) is 9.17. The maximum atomic E-state index is 11.0. The molecule has 0 aliphatic rings. The quantitative estimate of drug-likeness (QED) is 0.787. The molecule has 1 heterocycles. The molecule has 1 aromatic carbocycles. The number of aryl methyl sites for hydroxylation is 1. The lowest BCUT2D eigenvalue weighted by Gasteiger charge is -2.09. The predicted molar refractivity (Wildman–Crippen MR) is 75.1 cm³/mol. The molecular formula is C14H16ClN3O. The van der Waals surface area contributed by atoms with E-state index in [1.54, 1.807) is 4.68 Å². The van der Waals surface area contributed by atoms with Crippen molar-refractivity contribution in [3.05, 3.63) is 40.2 Å². The van der Waals surface area contributed by atoms with E-state index in [0.717, 1.165) is 42.5 Å². The molecule has 1 aromatic heterocycles. The molecule has 0 radical (unpaired) electrons. The van der Waals surface area contributed by atoms with Gasteiger partial charge in [-0.15, -0.1) is 5.10 Å². The van der Waals surface area contributed by atoms with E-state index in [4.69, 9.17) is 11.6 Å². The summed E-state index contributed by atoms with van der Waals surface area (Å²) in [5.74, 6) is 0. The summed E-state index contributed by atoms with van der Waals surface area (Å²) < 4.78 is 1.72. The van der Waals surface area contributed by atoms with Crippen LogP contribution in [0.3, 0.4) is 0 Å². The van der Waals surface area contributed by atoms with E-state index in [1.165, 1.54) is 0 Å². The molecule has 0 atom stereocenters. The first-order valence-electron chi connectivity index (χ1n) is 6.33. The van der Waals surface area contributed by atoms with Crippen molar-refractivity contribution in [1.82, 2.24) is 15.0 Å². The van der Waals surface area contributed by atoms with Gasteiger partial charge in [0, 0.05) is 5.02 Å². The van der Waals surface area contributed by atoms with Crippen LogP contribution >= 0.6 is 11.6 Å². The van der Waals surface area contributed by atoms with Crippen molar-refractivity contribution in [3.8, 4) is 5.69 Å². The van der Waals surface area contributed by atoms with Gasteiger partial charge in [0.15, 0.2) is 6.29 Å². The van der Waals surface area contributed by atoms with Crippen LogP contribution in [-0.2, 0) is 6.42 Å². The van der Waals surface area contributed by atoms with Gasteiger partial charge in [0.05, 0.1) is 11.4 Å². The van der Waals surface area contributed by atoms with E-state index in [9.17, 15) is 4.79 Å². The third kappa shape index (κ3) is 2.84. The highest BCUT2D eigenvalue weighted by atomic mass is 35.5. The second-order valence-electron chi connectivity index (χ2n) is 4.49. The Bertz CT molecular complexity index is 592. The molecule has 0 unspecified atom stereocenters. The fourth-order valence-corrected chi connectivity index (χ4v) is 2.15. The topological polar surface area (TPSA) is 47.8 Å². The first-order valence-corrected chi connectivity index (χ1v) is 6.71. The Morgan fingerprint density at radius 1 is 1.42 bits per heavy atom. The van der Waals surface area contributed by atoms with Crippen LogP contribution in [0.4, 0.5) is 0 Å². The van der Waals surface area contributed by atoms with Gasteiger partial charge >= 0.3 is 0 Å². The van der Waals surface area contributed by atoms with Crippen molar-refractivity contribution >= 4 is 17.9 Å². The fraction of sp³-hybridized carbons (Fsp3) is 0.357. The van der Waals surface area contributed by atoms with E-state index in [-0.39, 0.29) is 0 Å². The van der Waals surface area contributed by atoms with E-state index in [2.05, 4.69) is 17.2 Å². The molecule has 0 bridgehead atoms. The van der Waals surface area contributed by atoms with Crippen LogP contribution in [0.25, 0.3) is 5.69 Å². The van der Waals surface area contributed by atoms with Gasteiger partial charge in [-0.05, 0) is 37.5 Å². The molecule has 2 rings (SSSR count). The second-order valence-corrected chi connectivity index (χ2v) is 4.92. The van der Waals surface area contributed by atoms with Crippen LogP contribution in [0.15, 0.2) is 18.2 Å². The van der Waals surface area contributed by atoms with Gasteiger partial charge < -0.3 is 0 Å². The van der Waals surface area contributed by atoms with Gasteiger partial charge in [-0.25, -0.2) is 4.68 Å². The van der Waals surface area contributed by atoms with Crippen LogP contribution in [0.2, 0.25) is 5.02 Å². The SMILES string of the molecule is CCCCc1c(C=O)nnn1-c1cc(Cl)ccc1C. The third-order valence-electron chi connectivity index (χ3n) is 3.07. The lowest BCUT2D eigenvalue weighted by atomic mass is 10.1. The molecular weight excluding hydrogens is 262 g/mol. The maximum Gasteiger partial charge on any atom is 0.172 e. The predicted octanol–water partition coefficient (Wildman–Crippen LogP) is 3.38. The standard InChI is InChI=1S/C14H16ClN3O/c1-3-4-5-13-12(9-19)16-17-18(13)14-8-11(15)7-6-10(14)2/h6-9H,3-5H2,1-2H3. The fourth-order valence-electron chi connectivity index (χ4n) is 1.99. The Labute approximate surface area is 117 Å². The number of aromatic nitrogens is 3. The number of rotatable bonds is 5. The van der Waals surface area contributed by atoms with Gasteiger partial charge in [-0.2, -0.15) is 0 Å². The molecule has 0 aliphatic carbocycles. The number of hydrogen-bond donors (Lipinski definition) is 0. The summed E-state index contributed by atoms with van der Waals surface area (Å²) in [5, 5.41) is 8.67. The highest BCUT2D eigenvalue weighted by molar-refractivity contribution is 6.30. The minimum absolute atomic E-state index is 0.410. The van der Waals surface area contributed by atoms with Gasteiger partial charge in [-0.1, -0.05) is 36.2 Å². The number of benzene rings is 1. The van der Waals surface area contributed by atoms with Crippen molar-refractivity contribution in [2.75, 3.05) is 0 Å². The van der Waals surface area contributed by atoms with Gasteiger partial charge in [0.2, 0.25) is 0 Å². The van der Waals surface area contributed by atoms with Crippen molar-refractivity contribution in [1.29, 1.82) is 0 Å². The monoisotopic (exact) mass is 277 g/mol. The van der Waals surface area contributed by atoms with Crippen molar-refractivity contribution in [2.45, 2.75) is 33.1 Å². The number of halogens is 1. The molecule has 0 spiro atoms. The zero-order valence-corrected chi connectivity index (χ0v) is 11.8. The van der Waals surface area contributed by atoms with Crippen LogP contribution in [0.5, 0.6) is 0 Å². The van der Waals surface area contributed by atoms with Gasteiger partial charge in [0.1, 0.15) is 5.69 Å². The molecule has 0 N–H and O–H groups in total. The maximum absolute atomic E-state index is 11.0. The molecule has 0 fully saturated rings. The third-order valence-corrected chi connectivity index (χ3v) is 3.31. The summed E-state index contributed by atoms with van der Waals surface area (Å²) >= 11 is 6.03.